The second kappa shape index (κ2) is 8.63. The van der Waals surface area contributed by atoms with Crippen molar-refractivity contribution in [3.63, 3.8) is 0 Å². The van der Waals surface area contributed by atoms with E-state index in [0.717, 1.165) is 33.2 Å². The van der Waals surface area contributed by atoms with Crippen molar-refractivity contribution in [3.05, 3.63) is 99.8 Å². The van der Waals surface area contributed by atoms with Crippen molar-refractivity contribution in [2.75, 3.05) is 7.11 Å². The molecule has 0 saturated carbocycles. The zero-order chi connectivity index (χ0) is 23.8. The van der Waals surface area contributed by atoms with E-state index >= 15 is 0 Å². The maximum Gasteiger partial charge on any atom is 0.258 e. The normalized spacial score (nSPS) is 15.4. The molecule has 5 rings (SSSR count). The number of amides is 1. The number of carbonyl (C=O) groups is 1. The van der Waals surface area contributed by atoms with Gasteiger partial charge in [-0.05, 0) is 41.8 Å². The Hall–Kier alpha value is -4.19. The summed E-state index contributed by atoms with van der Waals surface area (Å²) >= 11 is 0. The van der Waals surface area contributed by atoms with Crippen LogP contribution in [-0.4, -0.2) is 28.7 Å². The van der Waals surface area contributed by atoms with E-state index in [2.05, 4.69) is 10.1 Å². The highest BCUT2D eigenvalue weighted by Crippen LogP contribution is 2.37. The molecule has 1 amide bonds. The molecule has 2 heterocycles. The van der Waals surface area contributed by atoms with Crippen LogP contribution in [0.5, 0.6) is 5.75 Å². The zero-order valence-corrected chi connectivity index (χ0v) is 19.3. The highest BCUT2D eigenvalue weighted by molar-refractivity contribution is 6.12. The van der Waals surface area contributed by atoms with Crippen molar-refractivity contribution in [1.82, 2.24) is 9.99 Å². The van der Waals surface area contributed by atoms with Crippen LogP contribution < -0.4 is 10.3 Å². The standard InChI is InChI=1S/C28H25N3O3/c1-17-12-13-22-23(14-17)29-28(33)27(26(22)19-8-5-4-6-9-19)24-16-25(31(30-24)18(2)32)20-10-7-11-21(15-20)34-3/h4-15,25H,16H2,1-3H3,(H,29,33)/t25-/m0/s1. The largest absolute Gasteiger partial charge is 0.497 e. The van der Waals surface area contributed by atoms with Gasteiger partial charge in [0.2, 0.25) is 5.91 Å². The van der Waals surface area contributed by atoms with Gasteiger partial charge in [-0.3, -0.25) is 9.59 Å². The molecule has 1 atom stereocenters. The number of pyridine rings is 1. The van der Waals surface area contributed by atoms with Gasteiger partial charge in [0.25, 0.3) is 5.56 Å². The highest BCUT2D eigenvalue weighted by Gasteiger charge is 2.34. The Bertz CT molecular complexity index is 1490. The molecule has 1 aromatic heterocycles. The number of rotatable bonds is 4. The molecule has 0 saturated heterocycles. The summed E-state index contributed by atoms with van der Waals surface area (Å²) in [4.78, 5) is 29.1. The van der Waals surface area contributed by atoms with Crippen LogP contribution >= 0.6 is 0 Å². The van der Waals surface area contributed by atoms with Gasteiger partial charge >= 0.3 is 0 Å². The van der Waals surface area contributed by atoms with Crippen LogP contribution in [0.25, 0.3) is 22.0 Å². The smallest absolute Gasteiger partial charge is 0.258 e. The molecule has 0 bridgehead atoms. The predicted molar refractivity (Wildman–Crippen MR) is 134 cm³/mol. The van der Waals surface area contributed by atoms with Gasteiger partial charge in [0, 0.05) is 29.8 Å². The number of aromatic amines is 1. The maximum absolute atomic E-state index is 13.5. The van der Waals surface area contributed by atoms with Gasteiger partial charge in [-0.1, -0.05) is 54.6 Å². The number of benzene rings is 3. The minimum absolute atomic E-state index is 0.183. The van der Waals surface area contributed by atoms with Crippen molar-refractivity contribution >= 4 is 22.5 Å². The Morgan fingerprint density at radius 3 is 2.56 bits per heavy atom. The summed E-state index contributed by atoms with van der Waals surface area (Å²) < 4.78 is 5.38. The fourth-order valence-electron chi connectivity index (χ4n) is 4.65. The lowest BCUT2D eigenvalue weighted by atomic mass is 9.90. The first-order valence-electron chi connectivity index (χ1n) is 11.2. The number of hydrogen-bond donors (Lipinski definition) is 1. The summed E-state index contributed by atoms with van der Waals surface area (Å²) in [6, 6.07) is 23.2. The summed E-state index contributed by atoms with van der Waals surface area (Å²) in [6.07, 6.45) is 0.424. The van der Waals surface area contributed by atoms with Crippen LogP contribution in [0.2, 0.25) is 0 Å². The molecule has 34 heavy (non-hydrogen) atoms. The first-order valence-corrected chi connectivity index (χ1v) is 11.2. The molecule has 1 aliphatic rings. The molecule has 0 spiro atoms. The number of nitrogens with one attached hydrogen (secondary N) is 1. The predicted octanol–water partition coefficient (Wildman–Crippen LogP) is 5.21. The van der Waals surface area contributed by atoms with Crippen LogP contribution in [0, 0.1) is 6.92 Å². The lowest BCUT2D eigenvalue weighted by Gasteiger charge is -2.20. The average molecular weight is 452 g/mol. The van der Waals surface area contributed by atoms with Gasteiger partial charge in [-0.2, -0.15) is 5.10 Å². The fourth-order valence-corrected chi connectivity index (χ4v) is 4.65. The number of carbonyl (C=O) groups excluding carboxylic acids is 1. The second-order valence-corrected chi connectivity index (χ2v) is 8.53. The Balaban J connectivity index is 1.72. The molecule has 0 radical (unpaired) electrons. The van der Waals surface area contributed by atoms with Crippen LogP contribution in [0.1, 0.15) is 36.1 Å². The van der Waals surface area contributed by atoms with E-state index in [1.54, 1.807) is 7.11 Å². The second-order valence-electron chi connectivity index (χ2n) is 8.53. The Morgan fingerprint density at radius 2 is 1.82 bits per heavy atom. The monoisotopic (exact) mass is 451 g/mol. The molecule has 0 fully saturated rings. The molecule has 1 N–H and O–H groups in total. The Labute approximate surface area is 197 Å². The molecule has 1 aliphatic heterocycles. The third kappa shape index (κ3) is 3.77. The van der Waals surface area contributed by atoms with Crippen molar-refractivity contribution < 1.29 is 9.53 Å². The first-order chi connectivity index (χ1) is 16.5. The topological polar surface area (TPSA) is 74.8 Å². The number of ether oxygens (including phenoxy) is 1. The third-order valence-corrected chi connectivity index (χ3v) is 6.23. The minimum Gasteiger partial charge on any atom is -0.497 e. The van der Waals surface area contributed by atoms with Crippen LogP contribution in [0.4, 0.5) is 0 Å². The highest BCUT2D eigenvalue weighted by atomic mass is 16.5. The average Bonchev–Trinajstić information content (AvgIpc) is 3.29. The van der Waals surface area contributed by atoms with Crippen molar-refractivity contribution in [2.24, 2.45) is 5.10 Å². The third-order valence-electron chi connectivity index (χ3n) is 6.23. The van der Waals surface area contributed by atoms with Gasteiger partial charge in [0.15, 0.2) is 0 Å². The van der Waals surface area contributed by atoms with Gasteiger partial charge in [0.05, 0.1) is 24.4 Å². The van der Waals surface area contributed by atoms with Crippen LogP contribution in [0.15, 0.2) is 82.7 Å². The molecular weight excluding hydrogens is 426 g/mol. The van der Waals surface area contributed by atoms with E-state index in [1.165, 1.54) is 11.9 Å². The van der Waals surface area contributed by atoms with E-state index < -0.39 is 0 Å². The van der Waals surface area contributed by atoms with Gasteiger partial charge < -0.3 is 9.72 Å². The van der Waals surface area contributed by atoms with Gasteiger partial charge in [0.1, 0.15) is 5.75 Å². The van der Waals surface area contributed by atoms with Crippen molar-refractivity contribution in [3.8, 4) is 16.9 Å². The van der Waals surface area contributed by atoms with E-state index in [-0.39, 0.29) is 17.5 Å². The van der Waals surface area contributed by atoms with E-state index in [4.69, 9.17) is 4.74 Å². The van der Waals surface area contributed by atoms with Crippen LogP contribution in [-0.2, 0) is 4.79 Å². The van der Waals surface area contributed by atoms with E-state index in [0.29, 0.717) is 23.4 Å². The van der Waals surface area contributed by atoms with Gasteiger partial charge in [-0.25, -0.2) is 5.01 Å². The molecule has 3 aromatic carbocycles. The number of H-pyrrole nitrogens is 1. The molecule has 6 heteroatoms. The summed E-state index contributed by atoms with van der Waals surface area (Å²) in [5, 5.41) is 7.09. The van der Waals surface area contributed by atoms with Crippen LogP contribution in [0.3, 0.4) is 0 Å². The lowest BCUT2D eigenvalue weighted by Crippen LogP contribution is -2.24. The summed E-state index contributed by atoms with van der Waals surface area (Å²) in [5.74, 6) is 0.523. The molecule has 170 valence electrons. The Kier molecular flexibility index (Phi) is 5.49. The summed E-state index contributed by atoms with van der Waals surface area (Å²) in [5.41, 5.74) is 5.37. The first kappa shape index (κ1) is 21.6. The number of hydrogen-bond acceptors (Lipinski definition) is 4. The molecular formula is C28H25N3O3. The molecule has 6 nitrogen and oxygen atoms in total. The quantitative estimate of drug-likeness (QED) is 0.463. The number of fused-ring (bicyclic) bond motifs is 1. The molecule has 4 aromatic rings. The lowest BCUT2D eigenvalue weighted by molar-refractivity contribution is -0.130. The maximum atomic E-state index is 13.5. The Morgan fingerprint density at radius 1 is 1.03 bits per heavy atom. The number of aromatic nitrogens is 1. The molecule has 0 unspecified atom stereocenters. The van der Waals surface area contributed by atoms with Crippen molar-refractivity contribution in [1.29, 1.82) is 0 Å². The minimum atomic E-state index is -0.320. The van der Waals surface area contributed by atoms with Gasteiger partial charge in [-0.15, -0.1) is 0 Å². The summed E-state index contributed by atoms with van der Waals surface area (Å²) in [6.45, 7) is 3.49. The number of hydrazone groups is 1. The molecule has 0 aliphatic carbocycles. The summed E-state index contributed by atoms with van der Waals surface area (Å²) in [7, 11) is 1.61. The van der Waals surface area contributed by atoms with E-state index in [1.807, 2.05) is 79.7 Å². The fraction of sp³-hybridized carbons (Fsp3) is 0.179. The van der Waals surface area contributed by atoms with Crippen molar-refractivity contribution in [2.45, 2.75) is 26.3 Å². The number of nitrogens with zero attached hydrogens (tertiary/aromatic N) is 2. The van der Waals surface area contributed by atoms with E-state index in [9.17, 15) is 9.59 Å². The zero-order valence-electron chi connectivity index (χ0n) is 19.3. The number of methoxy groups -OCH3 is 1. The SMILES string of the molecule is COc1cccc([C@@H]2CC(c3c(-c4ccccc4)c4ccc(C)cc4[nH]c3=O)=NN2C(C)=O)c1. The number of aryl methyl sites for hydroxylation is 1.